The Labute approximate surface area is 159 Å². The zero-order chi connectivity index (χ0) is 18.2. The zero-order valence-corrected chi connectivity index (χ0v) is 16.8. The van der Waals surface area contributed by atoms with Gasteiger partial charge in [0.1, 0.15) is 0 Å². The first kappa shape index (κ1) is 19.7. The Bertz CT molecular complexity index is 681. The second-order valence-corrected chi connectivity index (χ2v) is 7.52. The molecule has 0 fully saturated rings. The van der Waals surface area contributed by atoms with Crippen LogP contribution in [-0.4, -0.2) is 50.1 Å². The van der Waals surface area contributed by atoms with Crippen molar-refractivity contribution in [2.75, 3.05) is 34.2 Å². The highest BCUT2D eigenvalue weighted by Crippen LogP contribution is 2.19. The van der Waals surface area contributed by atoms with Gasteiger partial charge in [-0.05, 0) is 38.7 Å². The molecule has 0 saturated heterocycles. The first-order valence-electron chi connectivity index (χ1n) is 8.27. The molecular weight excluding hydrogens is 354 g/mol. The van der Waals surface area contributed by atoms with Crippen molar-refractivity contribution in [3.63, 3.8) is 0 Å². The number of guanidine groups is 1. The summed E-state index contributed by atoms with van der Waals surface area (Å²) >= 11 is 7.68. The molecule has 0 spiro atoms. The molecule has 0 aliphatic rings. The van der Waals surface area contributed by atoms with Gasteiger partial charge in [0, 0.05) is 37.0 Å². The van der Waals surface area contributed by atoms with Crippen molar-refractivity contribution in [2.24, 2.45) is 4.99 Å². The summed E-state index contributed by atoms with van der Waals surface area (Å²) in [6, 6.07) is 8.22. The van der Waals surface area contributed by atoms with Crippen molar-refractivity contribution in [3.05, 3.63) is 50.9 Å². The van der Waals surface area contributed by atoms with Crippen LogP contribution in [-0.2, 0) is 6.42 Å². The summed E-state index contributed by atoms with van der Waals surface area (Å²) in [7, 11) is 5.93. The zero-order valence-electron chi connectivity index (χ0n) is 15.2. The first-order valence-corrected chi connectivity index (χ1v) is 9.52. The molecule has 2 N–H and O–H groups in total. The van der Waals surface area contributed by atoms with E-state index in [1.54, 1.807) is 18.4 Å². The molecule has 0 aliphatic carbocycles. The van der Waals surface area contributed by atoms with Gasteiger partial charge in [0.2, 0.25) is 0 Å². The average Bonchev–Trinajstić information content (AvgIpc) is 3.00. The number of aliphatic imine (C=N–C) groups is 1. The molecule has 2 rings (SSSR count). The number of benzene rings is 1. The maximum Gasteiger partial charge on any atom is 0.191 e. The quantitative estimate of drug-likeness (QED) is 0.573. The van der Waals surface area contributed by atoms with Gasteiger partial charge in [-0.25, -0.2) is 4.98 Å². The van der Waals surface area contributed by atoms with Gasteiger partial charge in [0.25, 0.3) is 0 Å². The number of aromatic nitrogens is 1. The predicted octanol–water partition coefficient (Wildman–Crippen LogP) is 3.12. The first-order chi connectivity index (χ1) is 12.0. The SMILES string of the molecule is CN=C(NCCc1csc(C)n1)NCC(c1ccc(Cl)cc1)N(C)C. The molecule has 1 aromatic heterocycles. The lowest BCUT2D eigenvalue weighted by Crippen LogP contribution is -2.42. The number of aryl methyl sites for hydroxylation is 1. The summed E-state index contributed by atoms with van der Waals surface area (Å²) < 4.78 is 0. The molecule has 1 unspecified atom stereocenters. The normalized spacial score (nSPS) is 13.1. The van der Waals surface area contributed by atoms with Crippen molar-refractivity contribution >= 4 is 28.9 Å². The Hall–Kier alpha value is -1.63. The van der Waals surface area contributed by atoms with Crippen molar-refractivity contribution in [1.29, 1.82) is 0 Å². The number of rotatable bonds is 7. The molecule has 7 heteroatoms. The van der Waals surface area contributed by atoms with Gasteiger partial charge in [-0.1, -0.05) is 23.7 Å². The third-order valence-corrected chi connectivity index (χ3v) is 4.98. The third-order valence-electron chi connectivity index (χ3n) is 3.90. The largest absolute Gasteiger partial charge is 0.356 e. The van der Waals surface area contributed by atoms with Crippen LogP contribution < -0.4 is 10.6 Å². The molecule has 1 atom stereocenters. The van der Waals surface area contributed by atoms with Crippen molar-refractivity contribution < 1.29 is 0 Å². The summed E-state index contributed by atoms with van der Waals surface area (Å²) in [6.07, 6.45) is 0.888. The predicted molar refractivity (Wildman–Crippen MR) is 108 cm³/mol. The number of hydrogen-bond acceptors (Lipinski definition) is 4. The number of likely N-dealkylation sites (N-methyl/N-ethyl adjacent to an activating group) is 1. The molecule has 1 aromatic carbocycles. The van der Waals surface area contributed by atoms with E-state index in [0.717, 1.165) is 41.2 Å². The van der Waals surface area contributed by atoms with E-state index in [-0.39, 0.29) is 6.04 Å². The van der Waals surface area contributed by atoms with E-state index in [2.05, 4.69) is 57.1 Å². The van der Waals surface area contributed by atoms with Crippen molar-refractivity contribution in [1.82, 2.24) is 20.5 Å². The molecule has 136 valence electrons. The molecular formula is C18H26ClN5S. The fourth-order valence-electron chi connectivity index (χ4n) is 2.53. The number of nitrogens with one attached hydrogen (secondary N) is 2. The second-order valence-electron chi connectivity index (χ2n) is 6.02. The van der Waals surface area contributed by atoms with E-state index in [1.807, 2.05) is 19.1 Å². The van der Waals surface area contributed by atoms with Gasteiger partial charge in [-0.15, -0.1) is 11.3 Å². The van der Waals surface area contributed by atoms with Crippen LogP contribution in [0, 0.1) is 6.92 Å². The summed E-state index contributed by atoms with van der Waals surface area (Å²) in [5.41, 5.74) is 2.34. The van der Waals surface area contributed by atoms with E-state index in [1.165, 1.54) is 5.56 Å². The van der Waals surface area contributed by atoms with E-state index in [9.17, 15) is 0 Å². The summed E-state index contributed by atoms with van der Waals surface area (Å²) in [4.78, 5) is 11.0. The molecule has 0 saturated carbocycles. The Morgan fingerprint density at radius 1 is 1.28 bits per heavy atom. The molecule has 0 radical (unpaired) electrons. The monoisotopic (exact) mass is 379 g/mol. The molecule has 5 nitrogen and oxygen atoms in total. The summed E-state index contributed by atoms with van der Waals surface area (Å²) in [5, 5.41) is 10.7. The lowest BCUT2D eigenvalue weighted by atomic mass is 10.1. The molecule has 0 bridgehead atoms. The van der Waals surface area contributed by atoms with Crippen molar-refractivity contribution in [2.45, 2.75) is 19.4 Å². The van der Waals surface area contributed by atoms with E-state index >= 15 is 0 Å². The molecule has 25 heavy (non-hydrogen) atoms. The van der Waals surface area contributed by atoms with Crippen LogP contribution in [0.25, 0.3) is 0 Å². The van der Waals surface area contributed by atoms with E-state index in [0.29, 0.717) is 0 Å². The molecule has 0 aliphatic heterocycles. The molecule has 2 aromatic rings. The van der Waals surface area contributed by atoms with Crippen LogP contribution in [0.2, 0.25) is 5.02 Å². The van der Waals surface area contributed by atoms with E-state index < -0.39 is 0 Å². The maximum atomic E-state index is 5.99. The fourth-order valence-corrected chi connectivity index (χ4v) is 3.30. The topological polar surface area (TPSA) is 52.6 Å². The lowest BCUT2D eigenvalue weighted by Gasteiger charge is -2.26. The van der Waals surface area contributed by atoms with Crippen LogP contribution in [0.1, 0.15) is 22.3 Å². The van der Waals surface area contributed by atoms with Crippen LogP contribution in [0.4, 0.5) is 0 Å². The molecule has 0 amide bonds. The Kier molecular flexibility index (Phi) is 7.68. The van der Waals surface area contributed by atoms with Crippen molar-refractivity contribution in [3.8, 4) is 0 Å². The number of thiazole rings is 1. The minimum Gasteiger partial charge on any atom is -0.356 e. The second kappa shape index (κ2) is 9.75. The number of hydrogen-bond donors (Lipinski definition) is 2. The van der Waals surface area contributed by atoms with Gasteiger partial charge in [0.15, 0.2) is 5.96 Å². The Morgan fingerprint density at radius 2 is 2.00 bits per heavy atom. The fraction of sp³-hybridized carbons (Fsp3) is 0.444. The molecule has 1 heterocycles. The van der Waals surface area contributed by atoms with E-state index in [4.69, 9.17) is 11.6 Å². The van der Waals surface area contributed by atoms with Gasteiger partial charge in [0.05, 0.1) is 16.7 Å². The minimum absolute atomic E-state index is 0.233. The maximum absolute atomic E-state index is 5.99. The van der Waals surface area contributed by atoms with Crippen LogP contribution >= 0.6 is 22.9 Å². The highest BCUT2D eigenvalue weighted by atomic mass is 35.5. The number of halogens is 1. The summed E-state index contributed by atoms with van der Waals surface area (Å²) in [5.74, 6) is 0.799. The van der Waals surface area contributed by atoms with Crippen LogP contribution in [0.15, 0.2) is 34.6 Å². The summed E-state index contributed by atoms with van der Waals surface area (Å²) in [6.45, 7) is 3.58. The van der Waals surface area contributed by atoms with Gasteiger partial charge in [-0.3, -0.25) is 4.99 Å². The Morgan fingerprint density at radius 3 is 2.56 bits per heavy atom. The van der Waals surface area contributed by atoms with Crippen LogP contribution in [0.5, 0.6) is 0 Å². The van der Waals surface area contributed by atoms with Gasteiger partial charge in [-0.2, -0.15) is 0 Å². The van der Waals surface area contributed by atoms with Crippen LogP contribution in [0.3, 0.4) is 0 Å². The van der Waals surface area contributed by atoms with Gasteiger partial charge < -0.3 is 15.5 Å². The highest BCUT2D eigenvalue weighted by molar-refractivity contribution is 7.09. The lowest BCUT2D eigenvalue weighted by molar-refractivity contribution is 0.298. The van der Waals surface area contributed by atoms with Gasteiger partial charge >= 0.3 is 0 Å². The Balaban J connectivity index is 1.85. The highest BCUT2D eigenvalue weighted by Gasteiger charge is 2.14. The number of nitrogens with zero attached hydrogens (tertiary/aromatic N) is 3. The minimum atomic E-state index is 0.233. The third kappa shape index (κ3) is 6.30. The average molecular weight is 380 g/mol. The standard InChI is InChI=1S/C18H26ClN5S/c1-13-23-16(12-25-13)9-10-21-18(20-2)22-11-17(24(3)4)14-5-7-15(19)8-6-14/h5-8,12,17H,9-11H2,1-4H3,(H2,20,21,22). The smallest absolute Gasteiger partial charge is 0.191 e.